The number of rotatable bonds is 7. The lowest BCUT2D eigenvalue weighted by Gasteiger charge is -2.21. The second-order valence-electron chi connectivity index (χ2n) is 5.11. The van der Waals surface area contributed by atoms with Crippen LogP contribution in [0.4, 0.5) is 0 Å². The molecule has 2 unspecified atom stereocenters. The summed E-state index contributed by atoms with van der Waals surface area (Å²) in [6.45, 7) is 11.1. The number of hydrogen-bond acceptors (Lipinski definition) is 2. The molecule has 90 valence electrons. The number of carbonyl (C=O) groups is 1. The first kappa shape index (κ1) is 14.4. The summed E-state index contributed by atoms with van der Waals surface area (Å²) in [5.74, 6) is 0.0270. The highest BCUT2D eigenvalue weighted by atomic mass is 16.4. The molecule has 15 heavy (non-hydrogen) atoms. The van der Waals surface area contributed by atoms with Crippen LogP contribution in [0.2, 0.25) is 0 Å². The summed E-state index contributed by atoms with van der Waals surface area (Å²) >= 11 is 0. The molecule has 3 nitrogen and oxygen atoms in total. The third-order valence-electron chi connectivity index (χ3n) is 2.79. The van der Waals surface area contributed by atoms with Gasteiger partial charge < -0.3 is 10.4 Å². The molecular weight excluding hydrogens is 190 g/mol. The average molecular weight is 215 g/mol. The van der Waals surface area contributed by atoms with Gasteiger partial charge in [-0.3, -0.25) is 4.79 Å². The van der Waals surface area contributed by atoms with E-state index in [-0.39, 0.29) is 5.92 Å². The summed E-state index contributed by atoms with van der Waals surface area (Å²) in [4.78, 5) is 11.0. The fourth-order valence-corrected chi connectivity index (χ4v) is 1.40. The van der Waals surface area contributed by atoms with Crippen LogP contribution in [0.5, 0.6) is 0 Å². The van der Waals surface area contributed by atoms with Gasteiger partial charge in [0, 0.05) is 12.6 Å². The van der Waals surface area contributed by atoms with E-state index in [4.69, 9.17) is 5.11 Å². The van der Waals surface area contributed by atoms with Crippen molar-refractivity contribution in [3.05, 3.63) is 0 Å². The van der Waals surface area contributed by atoms with E-state index >= 15 is 0 Å². The van der Waals surface area contributed by atoms with E-state index in [0.717, 1.165) is 6.42 Å². The van der Waals surface area contributed by atoms with Gasteiger partial charge in [-0.1, -0.05) is 27.7 Å². The van der Waals surface area contributed by atoms with Crippen LogP contribution in [0.25, 0.3) is 0 Å². The minimum atomic E-state index is -0.688. The Labute approximate surface area is 93.3 Å². The number of carboxylic acid groups (broad SMARTS) is 1. The van der Waals surface area contributed by atoms with Crippen LogP contribution in [-0.4, -0.2) is 23.7 Å². The molecule has 0 fully saturated rings. The van der Waals surface area contributed by atoms with E-state index in [9.17, 15) is 4.79 Å². The highest BCUT2D eigenvalue weighted by Gasteiger charge is 2.19. The first-order chi connectivity index (χ1) is 6.84. The van der Waals surface area contributed by atoms with Crippen LogP contribution in [0.3, 0.4) is 0 Å². The Balaban J connectivity index is 4.02. The third kappa shape index (κ3) is 6.50. The van der Waals surface area contributed by atoms with Crippen molar-refractivity contribution < 1.29 is 9.90 Å². The molecule has 0 aliphatic rings. The zero-order valence-corrected chi connectivity index (χ0v) is 10.6. The van der Waals surface area contributed by atoms with Crippen molar-refractivity contribution in [2.45, 2.75) is 47.1 Å². The van der Waals surface area contributed by atoms with Gasteiger partial charge in [-0.2, -0.15) is 0 Å². The smallest absolute Gasteiger partial charge is 0.307 e. The third-order valence-corrected chi connectivity index (χ3v) is 2.79. The van der Waals surface area contributed by atoms with Gasteiger partial charge in [0.05, 0.1) is 5.92 Å². The van der Waals surface area contributed by atoms with E-state index in [0.29, 0.717) is 24.4 Å². The fourth-order valence-electron chi connectivity index (χ4n) is 1.40. The summed E-state index contributed by atoms with van der Waals surface area (Å²) in [6, 6.07) is 0.374. The summed E-state index contributed by atoms with van der Waals surface area (Å²) in [5.41, 5.74) is 0. The van der Waals surface area contributed by atoms with Gasteiger partial charge in [0.15, 0.2) is 0 Å². The van der Waals surface area contributed by atoms with Gasteiger partial charge in [0.2, 0.25) is 0 Å². The Bertz CT molecular complexity index is 190. The van der Waals surface area contributed by atoms with Crippen LogP contribution in [0, 0.1) is 17.8 Å². The monoisotopic (exact) mass is 215 g/mol. The topological polar surface area (TPSA) is 49.3 Å². The molecule has 0 saturated carbocycles. The van der Waals surface area contributed by atoms with Crippen LogP contribution < -0.4 is 5.32 Å². The fraction of sp³-hybridized carbons (Fsp3) is 0.917. The van der Waals surface area contributed by atoms with Gasteiger partial charge in [0.1, 0.15) is 0 Å². The quantitative estimate of drug-likeness (QED) is 0.685. The largest absolute Gasteiger partial charge is 0.481 e. The van der Waals surface area contributed by atoms with Crippen molar-refractivity contribution in [2.75, 3.05) is 6.54 Å². The number of hydrogen-bond donors (Lipinski definition) is 2. The summed E-state index contributed by atoms with van der Waals surface area (Å²) in [5, 5.41) is 12.3. The Morgan fingerprint density at radius 3 is 2.07 bits per heavy atom. The number of aliphatic carboxylic acids is 1. The molecule has 2 atom stereocenters. The van der Waals surface area contributed by atoms with Gasteiger partial charge >= 0.3 is 5.97 Å². The average Bonchev–Trinajstić information content (AvgIpc) is 2.10. The minimum absolute atomic E-state index is 0.258. The van der Waals surface area contributed by atoms with Crippen LogP contribution in [0.1, 0.15) is 41.0 Å². The molecule has 0 radical (unpaired) electrons. The molecular formula is C12H25NO2. The molecule has 3 heteroatoms. The Morgan fingerprint density at radius 1 is 1.20 bits per heavy atom. The van der Waals surface area contributed by atoms with Gasteiger partial charge in [-0.25, -0.2) is 0 Å². The van der Waals surface area contributed by atoms with E-state index in [1.165, 1.54) is 0 Å². The lowest BCUT2D eigenvalue weighted by molar-refractivity contribution is -0.142. The molecule has 0 rings (SSSR count). The predicted molar refractivity (Wildman–Crippen MR) is 62.9 cm³/mol. The van der Waals surface area contributed by atoms with Gasteiger partial charge in [0.25, 0.3) is 0 Å². The molecule has 0 aromatic heterocycles. The first-order valence-corrected chi connectivity index (χ1v) is 5.80. The summed E-state index contributed by atoms with van der Waals surface area (Å²) in [6.07, 6.45) is 0.743. The standard InChI is InChI=1S/C12H25NO2/c1-8(2)6-11(12(14)15)7-13-10(5)9(3)4/h8-11,13H,6-7H2,1-5H3,(H,14,15). The van der Waals surface area contributed by atoms with Crippen LogP contribution >= 0.6 is 0 Å². The zero-order valence-electron chi connectivity index (χ0n) is 10.6. The Kier molecular flexibility index (Phi) is 6.57. The minimum Gasteiger partial charge on any atom is -0.481 e. The van der Waals surface area contributed by atoms with Crippen molar-refractivity contribution in [1.82, 2.24) is 5.32 Å². The molecule has 0 aliphatic carbocycles. The second-order valence-corrected chi connectivity index (χ2v) is 5.11. The highest BCUT2D eigenvalue weighted by Crippen LogP contribution is 2.12. The maximum atomic E-state index is 11.0. The molecule has 0 amide bonds. The number of nitrogens with one attached hydrogen (secondary N) is 1. The van der Waals surface area contributed by atoms with E-state index in [1.807, 2.05) is 0 Å². The van der Waals surface area contributed by atoms with Crippen molar-refractivity contribution in [3.63, 3.8) is 0 Å². The maximum absolute atomic E-state index is 11.0. The Morgan fingerprint density at radius 2 is 1.73 bits per heavy atom. The molecule has 0 heterocycles. The van der Waals surface area contributed by atoms with E-state index in [2.05, 4.69) is 39.9 Å². The molecule has 0 aliphatic heterocycles. The Hall–Kier alpha value is -0.570. The van der Waals surface area contributed by atoms with Crippen molar-refractivity contribution in [2.24, 2.45) is 17.8 Å². The summed E-state index contributed by atoms with van der Waals surface area (Å²) < 4.78 is 0. The van der Waals surface area contributed by atoms with Crippen molar-refractivity contribution in [1.29, 1.82) is 0 Å². The molecule has 0 spiro atoms. The first-order valence-electron chi connectivity index (χ1n) is 5.80. The molecule has 0 aromatic carbocycles. The molecule has 0 bridgehead atoms. The van der Waals surface area contributed by atoms with Crippen molar-refractivity contribution in [3.8, 4) is 0 Å². The molecule has 0 saturated heterocycles. The van der Waals surface area contributed by atoms with E-state index in [1.54, 1.807) is 0 Å². The predicted octanol–water partition coefficient (Wildman–Crippen LogP) is 2.37. The lowest BCUT2D eigenvalue weighted by atomic mass is 9.96. The van der Waals surface area contributed by atoms with Crippen LogP contribution in [0.15, 0.2) is 0 Å². The normalized spacial score (nSPS) is 15.7. The summed E-state index contributed by atoms with van der Waals surface area (Å²) in [7, 11) is 0. The number of carboxylic acids is 1. The van der Waals surface area contributed by atoms with Gasteiger partial charge in [-0.05, 0) is 25.2 Å². The second kappa shape index (κ2) is 6.83. The lowest BCUT2D eigenvalue weighted by Crippen LogP contribution is -2.37. The maximum Gasteiger partial charge on any atom is 0.307 e. The SMILES string of the molecule is CC(C)CC(CNC(C)C(C)C)C(=O)O. The van der Waals surface area contributed by atoms with Crippen LogP contribution in [-0.2, 0) is 4.79 Å². The molecule has 0 aromatic rings. The highest BCUT2D eigenvalue weighted by molar-refractivity contribution is 5.70. The molecule has 2 N–H and O–H groups in total. The van der Waals surface area contributed by atoms with Crippen molar-refractivity contribution >= 4 is 5.97 Å². The van der Waals surface area contributed by atoms with Gasteiger partial charge in [-0.15, -0.1) is 0 Å². The van der Waals surface area contributed by atoms with E-state index < -0.39 is 5.97 Å². The zero-order chi connectivity index (χ0) is 12.0.